The van der Waals surface area contributed by atoms with Crippen molar-refractivity contribution in [1.82, 2.24) is 0 Å². The summed E-state index contributed by atoms with van der Waals surface area (Å²) in [7, 11) is -2.90. The largest absolute Gasteiger partial charge is 0.465 e. The molecule has 2 aromatic carbocycles. The van der Waals surface area contributed by atoms with Crippen molar-refractivity contribution in [2.24, 2.45) is 5.14 Å². The second-order valence-electron chi connectivity index (χ2n) is 4.47. The fraction of sp³-hybridized carbons (Fsp3) is 0.0714. The monoisotopic (exact) mass is 321 g/mol. The predicted octanol–water partition coefficient (Wildman–Crippen LogP) is 1.45. The number of ether oxygens (including phenoxy) is 1. The van der Waals surface area contributed by atoms with E-state index in [1.165, 1.54) is 13.2 Å². The minimum absolute atomic E-state index is 0.00244. The quantitative estimate of drug-likeness (QED) is 0.578. The summed E-state index contributed by atoms with van der Waals surface area (Å²) in [4.78, 5) is 11.3. The van der Waals surface area contributed by atoms with E-state index >= 15 is 0 Å². The molecular formula is C14H15N3O4S. The average Bonchev–Trinajstić information content (AvgIpc) is 2.48. The number of hydrogen-bond donors (Lipinski definition) is 3. The van der Waals surface area contributed by atoms with Crippen LogP contribution in [0.25, 0.3) is 0 Å². The van der Waals surface area contributed by atoms with Crippen molar-refractivity contribution in [2.45, 2.75) is 4.90 Å². The molecule has 2 aromatic rings. The zero-order valence-corrected chi connectivity index (χ0v) is 12.6. The van der Waals surface area contributed by atoms with Gasteiger partial charge >= 0.3 is 5.97 Å². The van der Waals surface area contributed by atoms with Crippen LogP contribution in [0.15, 0.2) is 47.4 Å². The molecule has 0 unspecified atom stereocenters. The molecule has 8 heteroatoms. The summed E-state index contributed by atoms with van der Waals surface area (Å²) < 4.78 is 28.1. The Labute approximate surface area is 127 Å². The molecule has 0 radical (unpaired) electrons. The molecule has 0 heterocycles. The molecule has 0 aliphatic rings. The van der Waals surface area contributed by atoms with Crippen molar-refractivity contribution >= 4 is 33.1 Å². The molecule has 0 saturated heterocycles. The standard InChI is InChI=1S/C14H15N3O4S/c1-21-14(18)9-7-11(15)13(12(8-9)22(16,19)20)17-10-5-3-2-4-6-10/h2-8,17H,15H2,1H3,(H2,16,19,20). The number of sulfonamides is 1. The number of primary sulfonamides is 1. The summed E-state index contributed by atoms with van der Waals surface area (Å²) in [5.74, 6) is -0.706. The topological polar surface area (TPSA) is 125 Å². The van der Waals surface area contributed by atoms with Crippen LogP contribution >= 0.6 is 0 Å². The van der Waals surface area contributed by atoms with Gasteiger partial charge in [-0.15, -0.1) is 0 Å². The molecule has 5 N–H and O–H groups in total. The minimum Gasteiger partial charge on any atom is -0.465 e. The van der Waals surface area contributed by atoms with Gasteiger partial charge in [-0.25, -0.2) is 18.4 Å². The van der Waals surface area contributed by atoms with Crippen molar-refractivity contribution < 1.29 is 17.9 Å². The third-order valence-corrected chi connectivity index (χ3v) is 3.84. The van der Waals surface area contributed by atoms with E-state index in [-0.39, 0.29) is 21.8 Å². The van der Waals surface area contributed by atoms with E-state index in [1.54, 1.807) is 24.3 Å². The van der Waals surface area contributed by atoms with Crippen LogP contribution in [-0.4, -0.2) is 21.5 Å². The van der Waals surface area contributed by atoms with E-state index in [1.807, 2.05) is 6.07 Å². The lowest BCUT2D eigenvalue weighted by molar-refractivity contribution is 0.0600. The van der Waals surface area contributed by atoms with E-state index in [4.69, 9.17) is 10.9 Å². The second kappa shape index (κ2) is 6.04. The van der Waals surface area contributed by atoms with Gasteiger partial charge in [0.15, 0.2) is 0 Å². The highest BCUT2D eigenvalue weighted by Crippen LogP contribution is 2.31. The Hall–Kier alpha value is -2.58. The van der Waals surface area contributed by atoms with Gasteiger partial charge in [-0.1, -0.05) is 18.2 Å². The number of carbonyl (C=O) groups excluding carboxylic acids is 1. The number of nitrogen functional groups attached to an aromatic ring is 1. The van der Waals surface area contributed by atoms with Crippen LogP contribution in [0.5, 0.6) is 0 Å². The average molecular weight is 321 g/mol. The number of methoxy groups -OCH3 is 1. The molecule has 0 spiro atoms. The maximum Gasteiger partial charge on any atom is 0.337 e. The number of rotatable bonds is 4. The molecule has 2 rings (SSSR count). The fourth-order valence-electron chi connectivity index (χ4n) is 1.90. The van der Waals surface area contributed by atoms with Gasteiger partial charge < -0.3 is 15.8 Å². The summed E-state index contributed by atoms with van der Waals surface area (Å²) in [6.07, 6.45) is 0. The highest BCUT2D eigenvalue weighted by Gasteiger charge is 2.21. The van der Waals surface area contributed by atoms with Gasteiger partial charge in [0, 0.05) is 5.69 Å². The number of benzene rings is 2. The lowest BCUT2D eigenvalue weighted by Gasteiger charge is -2.15. The Balaban J connectivity index is 2.60. The van der Waals surface area contributed by atoms with Crippen molar-refractivity contribution in [3.8, 4) is 0 Å². The van der Waals surface area contributed by atoms with Gasteiger partial charge in [0.25, 0.3) is 0 Å². The van der Waals surface area contributed by atoms with Gasteiger partial charge in [-0.05, 0) is 24.3 Å². The van der Waals surface area contributed by atoms with E-state index < -0.39 is 16.0 Å². The normalized spacial score (nSPS) is 11.0. The summed E-state index contributed by atoms with van der Waals surface area (Å²) in [6, 6.07) is 11.3. The Morgan fingerprint density at radius 2 is 1.82 bits per heavy atom. The van der Waals surface area contributed by atoms with E-state index in [0.717, 1.165) is 6.07 Å². The highest BCUT2D eigenvalue weighted by molar-refractivity contribution is 7.89. The molecule has 0 atom stereocenters. The zero-order chi connectivity index (χ0) is 16.3. The van der Waals surface area contributed by atoms with Gasteiger partial charge in [-0.2, -0.15) is 0 Å². The van der Waals surface area contributed by atoms with Crippen molar-refractivity contribution in [2.75, 3.05) is 18.2 Å². The summed E-state index contributed by atoms with van der Waals surface area (Å²) in [5.41, 5.74) is 6.68. The summed E-state index contributed by atoms with van der Waals surface area (Å²) in [5, 5.41) is 8.11. The molecule has 0 bridgehead atoms. The molecule has 7 nitrogen and oxygen atoms in total. The van der Waals surface area contributed by atoms with Gasteiger partial charge in [0.05, 0.1) is 24.0 Å². The van der Waals surface area contributed by atoms with Crippen molar-refractivity contribution in [1.29, 1.82) is 0 Å². The third-order valence-electron chi connectivity index (χ3n) is 2.90. The van der Waals surface area contributed by atoms with E-state index in [0.29, 0.717) is 5.69 Å². The molecular weight excluding hydrogens is 306 g/mol. The van der Waals surface area contributed by atoms with E-state index in [9.17, 15) is 13.2 Å². The second-order valence-corrected chi connectivity index (χ2v) is 6.00. The fourth-order valence-corrected chi connectivity index (χ4v) is 2.64. The lowest BCUT2D eigenvalue weighted by atomic mass is 10.1. The molecule has 0 fully saturated rings. The van der Waals surface area contributed by atoms with Crippen molar-refractivity contribution in [3.63, 3.8) is 0 Å². The maximum absolute atomic E-state index is 11.8. The van der Waals surface area contributed by atoms with Gasteiger partial charge in [0.1, 0.15) is 4.90 Å². The third kappa shape index (κ3) is 3.35. The zero-order valence-electron chi connectivity index (χ0n) is 11.7. The van der Waals surface area contributed by atoms with Crippen LogP contribution in [0.3, 0.4) is 0 Å². The summed E-state index contributed by atoms with van der Waals surface area (Å²) >= 11 is 0. The van der Waals surface area contributed by atoms with Gasteiger partial charge in [0.2, 0.25) is 10.0 Å². The Morgan fingerprint density at radius 3 is 2.36 bits per heavy atom. The number of para-hydroxylation sites is 1. The van der Waals surface area contributed by atoms with Crippen LogP contribution in [-0.2, 0) is 14.8 Å². The highest BCUT2D eigenvalue weighted by atomic mass is 32.2. The number of anilines is 3. The SMILES string of the molecule is COC(=O)c1cc(N)c(Nc2ccccc2)c(S(N)(=O)=O)c1. The molecule has 0 aliphatic heterocycles. The lowest BCUT2D eigenvalue weighted by Crippen LogP contribution is -2.17. The Kier molecular flexibility index (Phi) is 4.34. The molecule has 0 saturated carbocycles. The van der Waals surface area contributed by atoms with Crippen molar-refractivity contribution in [3.05, 3.63) is 48.0 Å². The Morgan fingerprint density at radius 1 is 1.18 bits per heavy atom. The number of nitrogens with two attached hydrogens (primary N) is 2. The molecule has 0 aliphatic carbocycles. The van der Waals surface area contributed by atoms with Crippen LogP contribution in [0, 0.1) is 0 Å². The van der Waals surface area contributed by atoms with Crippen LogP contribution in [0.4, 0.5) is 17.1 Å². The summed E-state index contributed by atoms with van der Waals surface area (Å²) in [6.45, 7) is 0. The number of nitrogens with one attached hydrogen (secondary N) is 1. The predicted molar refractivity (Wildman–Crippen MR) is 83.3 cm³/mol. The molecule has 116 valence electrons. The maximum atomic E-state index is 11.8. The molecule has 22 heavy (non-hydrogen) atoms. The Bertz CT molecular complexity index is 804. The van der Waals surface area contributed by atoms with Crippen LogP contribution in [0.2, 0.25) is 0 Å². The van der Waals surface area contributed by atoms with E-state index in [2.05, 4.69) is 10.1 Å². The number of esters is 1. The first kappa shape index (κ1) is 15.8. The van der Waals surface area contributed by atoms with Gasteiger partial charge in [-0.3, -0.25) is 0 Å². The first-order valence-electron chi connectivity index (χ1n) is 6.19. The van der Waals surface area contributed by atoms with Crippen LogP contribution in [0.1, 0.15) is 10.4 Å². The smallest absolute Gasteiger partial charge is 0.337 e. The first-order chi connectivity index (χ1) is 10.3. The molecule has 0 amide bonds. The number of carbonyl (C=O) groups is 1. The van der Waals surface area contributed by atoms with Crippen LogP contribution < -0.4 is 16.2 Å². The minimum atomic E-state index is -4.09. The first-order valence-corrected chi connectivity index (χ1v) is 7.74. The molecule has 0 aromatic heterocycles. The number of hydrogen-bond acceptors (Lipinski definition) is 6.